The monoisotopic (exact) mass is 733 g/mol. The summed E-state index contributed by atoms with van der Waals surface area (Å²) < 4.78 is 40.0. The van der Waals surface area contributed by atoms with Crippen LogP contribution in [0.1, 0.15) is 82.3 Å². The summed E-state index contributed by atoms with van der Waals surface area (Å²) in [5, 5.41) is 2.20. The van der Waals surface area contributed by atoms with Gasteiger partial charge in [-0.15, -0.1) is 6.58 Å². The van der Waals surface area contributed by atoms with Crippen LogP contribution in [0, 0.1) is 11.8 Å². The molecule has 0 aromatic heterocycles. The van der Waals surface area contributed by atoms with Gasteiger partial charge in [0.25, 0.3) is 5.91 Å². The first-order valence-corrected chi connectivity index (χ1v) is 18.8. The molecule has 47 heavy (non-hydrogen) atoms. The van der Waals surface area contributed by atoms with Crippen molar-refractivity contribution in [2.45, 2.75) is 101 Å². The molecule has 2 heterocycles. The number of fused-ring (bicyclic) bond motifs is 4. The van der Waals surface area contributed by atoms with Crippen LogP contribution in [0.5, 0.6) is 0 Å². The number of esters is 1. The van der Waals surface area contributed by atoms with Crippen LogP contribution in [0.15, 0.2) is 41.4 Å². The van der Waals surface area contributed by atoms with Crippen molar-refractivity contribution in [3.63, 3.8) is 0 Å². The molecule has 2 aliphatic carbocycles. The van der Waals surface area contributed by atoms with Crippen molar-refractivity contribution in [2.24, 2.45) is 11.8 Å². The first-order chi connectivity index (χ1) is 22.5. The predicted octanol–water partition coefficient (Wildman–Crippen LogP) is 4.15. The molecular weight excluding hydrogens is 690 g/mol. The highest BCUT2D eigenvalue weighted by Crippen LogP contribution is 2.45. The Morgan fingerprint density at radius 3 is 2.70 bits per heavy atom. The summed E-state index contributed by atoms with van der Waals surface area (Å²) in [7, 11) is -3.85. The van der Waals surface area contributed by atoms with Crippen LogP contribution < -0.4 is 10.0 Å². The van der Waals surface area contributed by atoms with Crippen molar-refractivity contribution in [3.05, 3.63) is 52.5 Å². The molecule has 1 aromatic carbocycles. The Morgan fingerprint density at radius 2 is 2.00 bits per heavy atom. The molecule has 3 fully saturated rings. The van der Waals surface area contributed by atoms with Crippen LogP contribution >= 0.6 is 15.9 Å². The van der Waals surface area contributed by atoms with Gasteiger partial charge in [-0.3, -0.25) is 23.9 Å². The second-order valence-electron chi connectivity index (χ2n) is 13.1. The average molecular weight is 735 g/mol. The first-order valence-electron chi connectivity index (χ1n) is 16.5. The number of rotatable bonds is 9. The summed E-state index contributed by atoms with van der Waals surface area (Å²) in [5.74, 6) is -3.34. The molecule has 13 heteroatoms. The topological polar surface area (TPSA) is 148 Å². The van der Waals surface area contributed by atoms with E-state index < -0.39 is 62.6 Å². The van der Waals surface area contributed by atoms with Crippen molar-refractivity contribution < 1.29 is 37.1 Å². The molecule has 0 unspecified atom stereocenters. The van der Waals surface area contributed by atoms with Crippen LogP contribution in [0.2, 0.25) is 0 Å². The number of allylic oxidation sites excluding steroid dienone is 1. The fourth-order valence-corrected chi connectivity index (χ4v) is 8.29. The Labute approximate surface area is 285 Å². The van der Waals surface area contributed by atoms with Gasteiger partial charge in [-0.25, -0.2) is 8.42 Å². The van der Waals surface area contributed by atoms with Crippen LogP contribution in [-0.4, -0.2) is 73.1 Å². The Balaban J connectivity index is 1.40. The molecule has 5 atom stereocenters. The summed E-state index contributed by atoms with van der Waals surface area (Å²) in [6.45, 7) is 6.36. The van der Waals surface area contributed by atoms with Crippen LogP contribution in [0.25, 0.3) is 6.08 Å². The standard InChI is InChI=1S/C34H44BrN3O8S/c1-3-5-10-24-17-30(39)45-13-8-6-7-9-22-14-23(16-26(35)15-22)21-46-27-18-29(38(20-27)32(24)41)31(40)36-34(19-25(34)4-2)33(42)37-47(43,44)28-11-12-28/h4,7,9,14-16,24-25,27-29H,2-3,5-6,8,10-13,17-21H2,1H3,(H,36,40)(H,37,42)/b9-7+/t24-,25-,27-,29+,34-/m1/s1. The number of nitrogens with one attached hydrogen (secondary N) is 2. The molecular formula is C34H44BrN3O8S. The zero-order valence-corrected chi connectivity index (χ0v) is 29.2. The molecule has 1 saturated heterocycles. The number of hydrogen-bond acceptors (Lipinski definition) is 8. The van der Waals surface area contributed by atoms with Gasteiger partial charge in [-0.1, -0.05) is 53.9 Å². The normalized spacial score (nSPS) is 29.2. The highest BCUT2D eigenvalue weighted by molar-refractivity contribution is 9.10. The van der Waals surface area contributed by atoms with E-state index in [2.05, 4.69) is 32.5 Å². The van der Waals surface area contributed by atoms with Gasteiger partial charge in [0.1, 0.15) is 11.6 Å². The molecule has 1 aromatic rings. The van der Waals surface area contributed by atoms with E-state index in [4.69, 9.17) is 9.47 Å². The molecule has 0 radical (unpaired) electrons. The van der Waals surface area contributed by atoms with Gasteiger partial charge in [0.15, 0.2) is 0 Å². The maximum Gasteiger partial charge on any atom is 0.306 e. The lowest BCUT2D eigenvalue weighted by molar-refractivity contribution is -0.150. The molecule has 4 bridgehead atoms. The lowest BCUT2D eigenvalue weighted by Crippen LogP contribution is -2.57. The van der Waals surface area contributed by atoms with Gasteiger partial charge in [0.05, 0.1) is 31.0 Å². The van der Waals surface area contributed by atoms with Crippen LogP contribution in [0.4, 0.5) is 0 Å². The first kappa shape index (κ1) is 35.3. The van der Waals surface area contributed by atoms with E-state index in [-0.39, 0.29) is 44.9 Å². The summed E-state index contributed by atoms with van der Waals surface area (Å²) in [5.41, 5.74) is 0.413. The number of benzene rings is 1. The quantitative estimate of drug-likeness (QED) is 0.284. The van der Waals surface area contributed by atoms with E-state index in [9.17, 15) is 27.6 Å². The molecule has 4 aliphatic rings. The number of halogens is 1. The lowest BCUT2D eigenvalue weighted by Gasteiger charge is -2.29. The zero-order chi connectivity index (χ0) is 33.8. The summed E-state index contributed by atoms with van der Waals surface area (Å²) in [6.07, 6.45) is 9.63. The Morgan fingerprint density at radius 1 is 1.21 bits per heavy atom. The molecule has 3 amide bonds. The van der Waals surface area contributed by atoms with Gasteiger partial charge >= 0.3 is 5.97 Å². The molecule has 0 spiro atoms. The fourth-order valence-electron chi connectivity index (χ4n) is 6.36. The van der Waals surface area contributed by atoms with E-state index in [1.807, 2.05) is 37.3 Å². The number of cyclic esters (lactones) is 1. The third-order valence-corrected chi connectivity index (χ3v) is 11.6. The fraction of sp³-hybridized carbons (Fsp3) is 0.588. The number of amides is 3. The molecule has 2 aliphatic heterocycles. The smallest absolute Gasteiger partial charge is 0.306 e. The number of unbranched alkanes of at least 4 members (excludes halogenated alkanes) is 1. The van der Waals surface area contributed by atoms with Crippen molar-refractivity contribution in [1.29, 1.82) is 0 Å². The molecule has 5 rings (SSSR count). The minimum Gasteiger partial charge on any atom is -0.466 e. The number of ether oxygens (including phenoxy) is 2. The third-order valence-electron chi connectivity index (χ3n) is 9.32. The van der Waals surface area contributed by atoms with Gasteiger partial charge in [0.2, 0.25) is 21.8 Å². The second-order valence-corrected chi connectivity index (χ2v) is 15.9. The van der Waals surface area contributed by atoms with Gasteiger partial charge in [-0.05, 0) is 67.9 Å². The maximum atomic E-state index is 14.1. The number of sulfonamides is 1. The van der Waals surface area contributed by atoms with Crippen molar-refractivity contribution in [2.75, 3.05) is 13.2 Å². The Bertz CT molecular complexity index is 1530. The summed E-state index contributed by atoms with van der Waals surface area (Å²) in [4.78, 5) is 55.8. The predicted molar refractivity (Wildman–Crippen MR) is 179 cm³/mol. The van der Waals surface area contributed by atoms with Gasteiger partial charge in [0, 0.05) is 29.3 Å². The Kier molecular flexibility index (Phi) is 11.3. The van der Waals surface area contributed by atoms with Crippen LogP contribution in [0.3, 0.4) is 0 Å². The van der Waals surface area contributed by atoms with Crippen LogP contribution in [-0.2, 0) is 45.3 Å². The molecule has 11 nitrogen and oxygen atoms in total. The summed E-state index contributed by atoms with van der Waals surface area (Å²) >= 11 is 3.56. The Hall–Kier alpha value is -3.03. The van der Waals surface area contributed by atoms with Crippen molar-refractivity contribution in [1.82, 2.24) is 14.9 Å². The maximum absolute atomic E-state index is 14.1. The largest absolute Gasteiger partial charge is 0.466 e. The van der Waals surface area contributed by atoms with E-state index in [1.54, 1.807) is 0 Å². The average Bonchev–Trinajstić information content (AvgIpc) is 3.95. The minimum atomic E-state index is -3.85. The van der Waals surface area contributed by atoms with E-state index in [0.29, 0.717) is 32.1 Å². The third kappa shape index (κ3) is 8.72. The highest BCUT2D eigenvalue weighted by atomic mass is 79.9. The minimum absolute atomic E-state index is 0.104. The number of carbonyl (C=O) groups is 4. The van der Waals surface area contributed by atoms with E-state index in [0.717, 1.165) is 28.4 Å². The SMILES string of the molecule is C=C[C@@H]1C[C@]1(NC(=O)[C@@H]1C[C@@H]2CN1C(=O)[C@H](CCCC)CC(=O)OCCC/C=C/c1cc(Br)cc(c1)CO2)C(=O)NS(=O)(=O)C1CC1. The van der Waals surface area contributed by atoms with E-state index in [1.165, 1.54) is 11.0 Å². The molecule has 2 saturated carbocycles. The van der Waals surface area contributed by atoms with Crippen molar-refractivity contribution >= 4 is 55.7 Å². The van der Waals surface area contributed by atoms with Crippen molar-refractivity contribution in [3.8, 4) is 0 Å². The van der Waals surface area contributed by atoms with Gasteiger partial charge < -0.3 is 19.7 Å². The number of carbonyl (C=O) groups excluding carboxylic acids is 4. The molecule has 256 valence electrons. The second kappa shape index (κ2) is 15.0. The molecule has 2 N–H and O–H groups in total. The zero-order valence-electron chi connectivity index (χ0n) is 26.7. The van der Waals surface area contributed by atoms with E-state index >= 15 is 0 Å². The lowest BCUT2D eigenvalue weighted by atomic mass is 9.96. The number of hydrogen-bond donors (Lipinski definition) is 2. The number of nitrogens with zero attached hydrogens (tertiary/aromatic N) is 1. The van der Waals surface area contributed by atoms with Gasteiger partial charge in [-0.2, -0.15) is 0 Å². The summed E-state index contributed by atoms with van der Waals surface area (Å²) in [6, 6.07) is 4.96. The highest BCUT2D eigenvalue weighted by Gasteiger charge is 2.62.